The molecular formula is C8H12FN3O. The lowest BCUT2D eigenvalue weighted by molar-refractivity contribution is 0.153. The SMILES string of the molecule is C[C@@H](N)[C@H](O)c1cnc(F)c(N)c1. The Kier molecular flexibility index (Phi) is 2.79. The predicted molar refractivity (Wildman–Crippen MR) is 47.2 cm³/mol. The van der Waals surface area contributed by atoms with Gasteiger partial charge in [-0.3, -0.25) is 0 Å². The molecule has 0 saturated carbocycles. The van der Waals surface area contributed by atoms with Crippen LogP contribution in [0.4, 0.5) is 10.1 Å². The first kappa shape index (κ1) is 9.88. The van der Waals surface area contributed by atoms with Crippen LogP contribution in [0.5, 0.6) is 0 Å². The zero-order valence-corrected chi connectivity index (χ0v) is 7.24. The van der Waals surface area contributed by atoms with E-state index in [4.69, 9.17) is 11.5 Å². The summed E-state index contributed by atoms with van der Waals surface area (Å²) in [5, 5.41) is 9.47. The largest absolute Gasteiger partial charge is 0.395 e. The summed E-state index contributed by atoms with van der Waals surface area (Å²) in [6.45, 7) is 1.64. The number of nitrogens with two attached hydrogens (primary N) is 2. The van der Waals surface area contributed by atoms with E-state index in [0.717, 1.165) is 0 Å². The van der Waals surface area contributed by atoms with E-state index in [1.54, 1.807) is 6.92 Å². The summed E-state index contributed by atoms with van der Waals surface area (Å²) in [6.07, 6.45) is 0.357. The lowest BCUT2D eigenvalue weighted by Crippen LogP contribution is -2.24. The molecule has 72 valence electrons. The molecule has 1 rings (SSSR count). The maximum absolute atomic E-state index is 12.6. The van der Waals surface area contributed by atoms with Crippen LogP contribution in [0.2, 0.25) is 0 Å². The van der Waals surface area contributed by atoms with E-state index in [9.17, 15) is 9.50 Å². The highest BCUT2D eigenvalue weighted by molar-refractivity contribution is 5.39. The van der Waals surface area contributed by atoms with Crippen LogP contribution in [0.1, 0.15) is 18.6 Å². The first-order valence-electron chi connectivity index (χ1n) is 3.87. The molecule has 4 nitrogen and oxygen atoms in total. The Labute approximate surface area is 75.4 Å². The Bertz CT molecular complexity index is 303. The molecular weight excluding hydrogens is 173 g/mol. The van der Waals surface area contributed by atoms with Gasteiger partial charge in [-0.25, -0.2) is 4.98 Å². The highest BCUT2D eigenvalue weighted by Gasteiger charge is 2.14. The maximum Gasteiger partial charge on any atom is 0.236 e. The monoisotopic (exact) mass is 185 g/mol. The van der Waals surface area contributed by atoms with Gasteiger partial charge >= 0.3 is 0 Å². The molecule has 5 heteroatoms. The van der Waals surface area contributed by atoms with Gasteiger partial charge in [-0.15, -0.1) is 0 Å². The summed E-state index contributed by atoms with van der Waals surface area (Å²) < 4.78 is 12.6. The average molecular weight is 185 g/mol. The fraction of sp³-hybridized carbons (Fsp3) is 0.375. The zero-order valence-electron chi connectivity index (χ0n) is 7.24. The Balaban J connectivity index is 2.97. The van der Waals surface area contributed by atoms with Gasteiger partial charge in [0, 0.05) is 17.8 Å². The van der Waals surface area contributed by atoms with Crippen molar-refractivity contribution in [3.8, 4) is 0 Å². The molecule has 1 aromatic rings. The summed E-state index contributed by atoms with van der Waals surface area (Å²) in [7, 11) is 0. The van der Waals surface area contributed by atoms with E-state index in [0.29, 0.717) is 5.56 Å². The topological polar surface area (TPSA) is 85.2 Å². The third-order valence-corrected chi connectivity index (χ3v) is 1.73. The number of aliphatic hydroxyl groups is 1. The number of pyridine rings is 1. The molecule has 0 aromatic carbocycles. The Hall–Kier alpha value is -1.20. The third kappa shape index (κ3) is 2.13. The molecule has 0 aliphatic heterocycles. The van der Waals surface area contributed by atoms with Crippen LogP contribution in [0.25, 0.3) is 0 Å². The summed E-state index contributed by atoms with van der Waals surface area (Å²) in [4.78, 5) is 3.37. The van der Waals surface area contributed by atoms with Gasteiger partial charge in [0.15, 0.2) is 0 Å². The fourth-order valence-electron chi connectivity index (χ4n) is 0.947. The van der Waals surface area contributed by atoms with Crippen molar-refractivity contribution in [3.63, 3.8) is 0 Å². The first-order chi connectivity index (χ1) is 6.02. The van der Waals surface area contributed by atoms with Crippen LogP contribution in [0.15, 0.2) is 12.3 Å². The van der Waals surface area contributed by atoms with Crippen LogP contribution in [0.3, 0.4) is 0 Å². The summed E-state index contributed by atoms with van der Waals surface area (Å²) in [5.41, 5.74) is 11.1. The van der Waals surface area contributed by atoms with Crippen LogP contribution in [-0.2, 0) is 0 Å². The molecule has 13 heavy (non-hydrogen) atoms. The highest BCUT2D eigenvalue weighted by Crippen LogP contribution is 2.18. The van der Waals surface area contributed by atoms with Gasteiger partial charge < -0.3 is 16.6 Å². The number of halogens is 1. The van der Waals surface area contributed by atoms with Gasteiger partial charge in [0.25, 0.3) is 0 Å². The number of hydrogen-bond acceptors (Lipinski definition) is 4. The van der Waals surface area contributed by atoms with Gasteiger partial charge in [-0.1, -0.05) is 0 Å². The number of hydrogen-bond donors (Lipinski definition) is 3. The van der Waals surface area contributed by atoms with Crippen LogP contribution in [-0.4, -0.2) is 16.1 Å². The van der Waals surface area contributed by atoms with Crippen molar-refractivity contribution in [3.05, 3.63) is 23.8 Å². The first-order valence-corrected chi connectivity index (χ1v) is 3.87. The van der Waals surface area contributed by atoms with E-state index in [1.807, 2.05) is 0 Å². The van der Waals surface area contributed by atoms with E-state index in [2.05, 4.69) is 4.98 Å². The van der Waals surface area contributed by atoms with E-state index < -0.39 is 18.1 Å². The molecule has 5 N–H and O–H groups in total. The number of nitrogens with zero attached hydrogens (tertiary/aromatic N) is 1. The van der Waals surface area contributed by atoms with E-state index in [-0.39, 0.29) is 5.69 Å². The lowest BCUT2D eigenvalue weighted by Gasteiger charge is -2.14. The summed E-state index contributed by atoms with van der Waals surface area (Å²) in [5.74, 6) is -0.736. The van der Waals surface area contributed by atoms with Crippen LogP contribution in [0, 0.1) is 5.95 Å². The van der Waals surface area contributed by atoms with Gasteiger partial charge in [0.2, 0.25) is 5.95 Å². The smallest absolute Gasteiger partial charge is 0.236 e. The molecule has 1 aromatic heterocycles. The number of anilines is 1. The number of aliphatic hydroxyl groups excluding tert-OH is 1. The second kappa shape index (κ2) is 3.68. The minimum absolute atomic E-state index is 0.0859. The van der Waals surface area contributed by atoms with Gasteiger partial charge in [0.1, 0.15) is 0 Å². The molecule has 1 heterocycles. The Morgan fingerprint density at radius 1 is 1.62 bits per heavy atom. The van der Waals surface area contributed by atoms with Crippen molar-refractivity contribution < 1.29 is 9.50 Å². The van der Waals surface area contributed by atoms with Crippen molar-refractivity contribution in [2.75, 3.05) is 5.73 Å². The minimum Gasteiger partial charge on any atom is -0.395 e. The van der Waals surface area contributed by atoms with Gasteiger partial charge in [-0.2, -0.15) is 4.39 Å². The third-order valence-electron chi connectivity index (χ3n) is 1.73. The van der Waals surface area contributed by atoms with Crippen molar-refractivity contribution in [1.82, 2.24) is 4.98 Å². The van der Waals surface area contributed by atoms with Crippen LogP contribution >= 0.6 is 0 Å². The highest BCUT2D eigenvalue weighted by atomic mass is 19.1. The number of rotatable bonds is 2. The quantitative estimate of drug-likeness (QED) is 0.574. The average Bonchev–Trinajstić information content (AvgIpc) is 2.08. The standard InChI is InChI=1S/C8H12FN3O/c1-4(10)7(13)5-2-6(11)8(9)12-3-5/h2-4,7,13H,10-11H2,1H3/t4-,7+/m1/s1. The fourth-order valence-corrected chi connectivity index (χ4v) is 0.947. The van der Waals surface area contributed by atoms with Gasteiger partial charge in [0.05, 0.1) is 11.8 Å². The van der Waals surface area contributed by atoms with Crippen LogP contribution < -0.4 is 11.5 Å². The summed E-state index contributed by atoms with van der Waals surface area (Å²) >= 11 is 0. The van der Waals surface area contributed by atoms with Crippen molar-refractivity contribution in [1.29, 1.82) is 0 Å². The maximum atomic E-state index is 12.6. The molecule has 0 aliphatic rings. The molecule has 0 bridgehead atoms. The van der Waals surface area contributed by atoms with E-state index >= 15 is 0 Å². The Morgan fingerprint density at radius 3 is 2.69 bits per heavy atom. The molecule has 0 aliphatic carbocycles. The molecule has 2 atom stereocenters. The second-order valence-corrected chi connectivity index (χ2v) is 2.95. The molecule has 0 amide bonds. The molecule has 0 saturated heterocycles. The molecule has 0 unspecified atom stereocenters. The molecule has 0 spiro atoms. The minimum atomic E-state index is -0.865. The van der Waals surface area contributed by atoms with Gasteiger partial charge in [-0.05, 0) is 13.0 Å². The lowest BCUT2D eigenvalue weighted by atomic mass is 10.1. The number of nitrogen functional groups attached to an aromatic ring is 1. The number of aromatic nitrogens is 1. The Morgan fingerprint density at radius 2 is 2.23 bits per heavy atom. The van der Waals surface area contributed by atoms with Crippen molar-refractivity contribution >= 4 is 5.69 Å². The van der Waals surface area contributed by atoms with Crippen molar-refractivity contribution in [2.45, 2.75) is 19.1 Å². The molecule has 0 radical (unpaired) electrons. The summed E-state index contributed by atoms with van der Waals surface area (Å²) in [6, 6.07) is 0.891. The normalized spacial score (nSPS) is 15.4. The molecule has 0 fully saturated rings. The van der Waals surface area contributed by atoms with Crippen molar-refractivity contribution in [2.24, 2.45) is 5.73 Å². The second-order valence-electron chi connectivity index (χ2n) is 2.95. The zero-order chi connectivity index (χ0) is 10.0. The predicted octanol–water partition coefficient (Wildman–Crippen LogP) is 0.184. The van der Waals surface area contributed by atoms with E-state index in [1.165, 1.54) is 12.3 Å².